The van der Waals surface area contributed by atoms with Gasteiger partial charge in [0.05, 0.1) is 25.3 Å². The van der Waals surface area contributed by atoms with Gasteiger partial charge in [-0.15, -0.1) is 11.3 Å². The molecule has 5 nitrogen and oxygen atoms in total. The molecule has 1 N–H and O–H groups in total. The normalized spacial score (nSPS) is 18.2. The van der Waals surface area contributed by atoms with Gasteiger partial charge in [0.2, 0.25) is 0 Å². The minimum Gasteiger partial charge on any atom is -0.507 e. The summed E-state index contributed by atoms with van der Waals surface area (Å²) in [6.45, 7) is 0.274. The molecule has 1 amide bonds. The van der Waals surface area contributed by atoms with E-state index in [1.807, 2.05) is 41.8 Å². The molecule has 146 valence electrons. The number of hydrogen-bond donors (Lipinski definition) is 1. The molecule has 4 rings (SSSR count). The van der Waals surface area contributed by atoms with Gasteiger partial charge in [-0.05, 0) is 17.5 Å². The van der Waals surface area contributed by atoms with Gasteiger partial charge in [0, 0.05) is 16.0 Å². The van der Waals surface area contributed by atoms with Crippen LogP contribution in [0.4, 0.5) is 0 Å². The van der Waals surface area contributed by atoms with Crippen LogP contribution in [0, 0.1) is 0 Å². The van der Waals surface area contributed by atoms with Crippen molar-refractivity contribution in [3.8, 4) is 5.75 Å². The van der Waals surface area contributed by atoms with Crippen molar-refractivity contribution in [3.05, 3.63) is 93.7 Å². The van der Waals surface area contributed by atoms with Crippen LogP contribution < -0.4 is 4.74 Å². The van der Waals surface area contributed by atoms with Gasteiger partial charge in [-0.1, -0.05) is 54.6 Å². The van der Waals surface area contributed by atoms with E-state index < -0.39 is 17.7 Å². The number of likely N-dealkylation sites (tertiary alicyclic amines) is 1. The quantitative estimate of drug-likeness (QED) is 0.389. The predicted octanol–water partition coefficient (Wildman–Crippen LogP) is 4.38. The first-order valence-corrected chi connectivity index (χ1v) is 9.99. The number of amides is 1. The summed E-state index contributed by atoms with van der Waals surface area (Å²) in [6.07, 6.45) is 0. The summed E-state index contributed by atoms with van der Waals surface area (Å²) in [7, 11) is 1.54. The third kappa shape index (κ3) is 3.43. The number of carbonyl (C=O) groups excluding carboxylic acids is 2. The van der Waals surface area contributed by atoms with Crippen LogP contribution in [0.1, 0.15) is 22.0 Å². The molecule has 0 spiro atoms. The first kappa shape index (κ1) is 19.0. The van der Waals surface area contributed by atoms with E-state index in [0.29, 0.717) is 16.9 Å². The highest BCUT2D eigenvalue weighted by Gasteiger charge is 2.47. The van der Waals surface area contributed by atoms with Crippen LogP contribution in [0.3, 0.4) is 0 Å². The van der Waals surface area contributed by atoms with Crippen molar-refractivity contribution in [2.24, 2.45) is 0 Å². The predicted molar refractivity (Wildman–Crippen MR) is 112 cm³/mol. The first-order valence-electron chi connectivity index (χ1n) is 9.11. The smallest absolute Gasteiger partial charge is 0.295 e. The third-order valence-corrected chi connectivity index (χ3v) is 5.79. The summed E-state index contributed by atoms with van der Waals surface area (Å²) in [5, 5.41) is 12.9. The summed E-state index contributed by atoms with van der Waals surface area (Å²) >= 11 is 1.51. The van der Waals surface area contributed by atoms with Crippen molar-refractivity contribution in [1.29, 1.82) is 0 Å². The number of rotatable bonds is 5. The SMILES string of the molecule is COc1ccccc1C1/C(=C(/O)c2ccccc2)C(=O)C(=O)N1Cc1cccs1. The molecule has 1 aromatic heterocycles. The van der Waals surface area contributed by atoms with Crippen molar-refractivity contribution in [2.45, 2.75) is 12.6 Å². The summed E-state index contributed by atoms with van der Waals surface area (Å²) in [6, 6.07) is 19.1. The van der Waals surface area contributed by atoms with Crippen molar-refractivity contribution < 1.29 is 19.4 Å². The molecule has 0 radical (unpaired) electrons. The number of ether oxygens (including phenoxy) is 1. The highest BCUT2D eigenvalue weighted by Crippen LogP contribution is 2.43. The van der Waals surface area contributed by atoms with Crippen molar-refractivity contribution in [1.82, 2.24) is 4.90 Å². The number of benzene rings is 2. The molecule has 6 heteroatoms. The Morgan fingerprint density at radius 1 is 1.03 bits per heavy atom. The molecule has 1 aliphatic rings. The number of para-hydroxylation sites is 1. The second-order valence-electron chi connectivity index (χ2n) is 6.61. The largest absolute Gasteiger partial charge is 0.507 e. The molecule has 0 bridgehead atoms. The van der Waals surface area contributed by atoms with Gasteiger partial charge in [-0.2, -0.15) is 0 Å². The zero-order valence-corrected chi connectivity index (χ0v) is 16.6. The molecule has 1 saturated heterocycles. The number of thiophene rings is 1. The third-order valence-electron chi connectivity index (χ3n) is 4.93. The molecular weight excluding hydrogens is 386 g/mol. The summed E-state index contributed by atoms with van der Waals surface area (Å²) in [5.41, 5.74) is 1.21. The molecular formula is C23H19NO4S. The lowest BCUT2D eigenvalue weighted by atomic mass is 9.94. The Labute approximate surface area is 172 Å². The first-order chi connectivity index (χ1) is 14.1. The fraction of sp³-hybridized carbons (Fsp3) is 0.130. The van der Waals surface area contributed by atoms with E-state index in [0.717, 1.165) is 4.88 Å². The maximum atomic E-state index is 13.0. The standard InChI is InChI=1S/C23H19NO4S/c1-28-18-12-6-5-11-17(18)20-19(21(25)15-8-3-2-4-9-15)22(26)23(27)24(20)14-16-10-7-13-29-16/h2-13,20,25H,14H2,1H3/b21-19-. The molecule has 0 saturated carbocycles. The minimum atomic E-state index is -0.742. The van der Waals surface area contributed by atoms with Crippen molar-refractivity contribution in [2.75, 3.05) is 7.11 Å². The Kier molecular flexibility index (Phi) is 5.18. The Morgan fingerprint density at radius 3 is 2.45 bits per heavy atom. The molecule has 1 fully saturated rings. The van der Waals surface area contributed by atoms with Gasteiger partial charge in [0.15, 0.2) is 0 Å². The fourth-order valence-corrected chi connectivity index (χ4v) is 4.28. The molecule has 1 aliphatic heterocycles. The lowest BCUT2D eigenvalue weighted by Gasteiger charge is -2.26. The summed E-state index contributed by atoms with van der Waals surface area (Å²) in [5.74, 6) is -0.964. The van der Waals surface area contributed by atoms with Crippen LogP contribution in [0.25, 0.3) is 5.76 Å². The van der Waals surface area contributed by atoms with Crippen LogP contribution >= 0.6 is 11.3 Å². The van der Waals surface area contributed by atoms with Crippen LogP contribution in [0.15, 0.2) is 77.7 Å². The molecule has 0 aliphatic carbocycles. The van der Waals surface area contributed by atoms with E-state index in [2.05, 4.69) is 0 Å². The Morgan fingerprint density at radius 2 is 1.76 bits per heavy atom. The number of methoxy groups -OCH3 is 1. The zero-order valence-electron chi connectivity index (χ0n) is 15.7. The second kappa shape index (κ2) is 7.93. The lowest BCUT2D eigenvalue weighted by Crippen LogP contribution is -2.29. The Balaban J connectivity index is 1.91. The van der Waals surface area contributed by atoms with E-state index in [1.54, 1.807) is 37.4 Å². The molecule has 2 aromatic carbocycles. The van der Waals surface area contributed by atoms with E-state index in [-0.39, 0.29) is 17.9 Å². The molecule has 3 aromatic rings. The number of ketones is 1. The van der Waals surface area contributed by atoms with E-state index in [1.165, 1.54) is 16.2 Å². The van der Waals surface area contributed by atoms with Crippen molar-refractivity contribution >= 4 is 28.8 Å². The Hall–Kier alpha value is -3.38. The topological polar surface area (TPSA) is 66.8 Å². The molecule has 1 atom stereocenters. The van der Waals surface area contributed by atoms with Crippen LogP contribution in [-0.4, -0.2) is 28.8 Å². The fourth-order valence-electron chi connectivity index (χ4n) is 3.58. The number of carbonyl (C=O) groups is 2. The second-order valence-corrected chi connectivity index (χ2v) is 7.65. The van der Waals surface area contributed by atoms with Crippen molar-refractivity contribution in [3.63, 3.8) is 0 Å². The highest BCUT2D eigenvalue weighted by molar-refractivity contribution is 7.09. The van der Waals surface area contributed by atoms with Gasteiger partial charge >= 0.3 is 0 Å². The lowest BCUT2D eigenvalue weighted by molar-refractivity contribution is -0.140. The number of hydrogen-bond acceptors (Lipinski definition) is 5. The summed E-state index contributed by atoms with van der Waals surface area (Å²) in [4.78, 5) is 28.4. The maximum absolute atomic E-state index is 13.0. The van der Waals surface area contributed by atoms with Gasteiger partial charge in [0.1, 0.15) is 11.5 Å². The minimum absolute atomic E-state index is 0.0715. The number of aliphatic hydroxyl groups is 1. The van der Waals surface area contributed by atoms with Gasteiger partial charge in [-0.3, -0.25) is 9.59 Å². The number of nitrogens with zero attached hydrogens (tertiary/aromatic N) is 1. The van der Waals surface area contributed by atoms with Crippen LogP contribution in [-0.2, 0) is 16.1 Å². The molecule has 29 heavy (non-hydrogen) atoms. The van der Waals surface area contributed by atoms with Gasteiger partial charge in [0.25, 0.3) is 11.7 Å². The molecule has 1 unspecified atom stereocenters. The zero-order chi connectivity index (χ0) is 20.4. The van der Waals surface area contributed by atoms with Crippen LogP contribution in [0.5, 0.6) is 5.75 Å². The monoisotopic (exact) mass is 405 g/mol. The van der Waals surface area contributed by atoms with E-state index in [4.69, 9.17) is 4.74 Å². The van der Waals surface area contributed by atoms with E-state index >= 15 is 0 Å². The average Bonchev–Trinajstić information content (AvgIpc) is 3.36. The molecule has 2 heterocycles. The highest BCUT2D eigenvalue weighted by atomic mass is 32.1. The van der Waals surface area contributed by atoms with E-state index in [9.17, 15) is 14.7 Å². The number of Topliss-reactive ketones (excluding diaryl/α,β-unsaturated/α-hetero) is 1. The van der Waals surface area contributed by atoms with Gasteiger partial charge in [-0.25, -0.2) is 0 Å². The summed E-state index contributed by atoms with van der Waals surface area (Å²) < 4.78 is 5.49. The van der Waals surface area contributed by atoms with Crippen LogP contribution in [0.2, 0.25) is 0 Å². The number of aliphatic hydroxyl groups excluding tert-OH is 1. The van der Waals surface area contributed by atoms with Gasteiger partial charge < -0.3 is 14.7 Å². The average molecular weight is 405 g/mol. The maximum Gasteiger partial charge on any atom is 0.295 e. The Bertz CT molecular complexity index is 1070.